The second kappa shape index (κ2) is 10.0. The second-order valence-corrected chi connectivity index (χ2v) is 13.2. The van der Waals surface area contributed by atoms with E-state index in [0.717, 1.165) is 16.6 Å². The number of hydrogen-bond acceptors (Lipinski definition) is 1. The van der Waals surface area contributed by atoms with E-state index in [1.807, 2.05) is 6.07 Å². The molecular weight excluding hydrogens is 593 g/mol. The number of hydrogen-bond donors (Lipinski definition) is 0. The van der Waals surface area contributed by atoms with Crippen molar-refractivity contribution in [3.63, 3.8) is 0 Å². The van der Waals surface area contributed by atoms with Crippen molar-refractivity contribution in [2.45, 2.75) is 0 Å². The molecule has 0 spiro atoms. The maximum Gasteiger partial charge on any atom is 0.136 e. The quantitative estimate of drug-likeness (QED) is 0.138. The van der Waals surface area contributed by atoms with Gasteiger partial charge in [0, 0.05) is 10.8 Å². The summed E-state index contributed by atoms with van der Waals surface area (Å²) in [4.78, 5) is 0. The van der Waals surface area contributed by atoms with Gasteiger partial charge >= 0.3 is 0 Å². The van der Waals surface area contributed by atoms with E-state index in [9.17, 15) is 0 Å². The van der Waals surface area contributed by atoms with Crippen LogP contribution in [0.2, 0.25) is 0 Å². The molecule has 0 atom stereocenters. The monoisotopic (exact) mass is 620 g/mol. The van der Waals surface area contributed by atoms with Crippen LogP contribution in [0.15, 0.2) is 174 Å². The highest BCUT2D eigenvalue weighted by atomic mass is 16.3. The Hall–Kier alpha value is -6.44. The summed E-state index contributed by atoms with van der Waals surface area (Å²) in [6, 6.07) is 62.2. The predicted molar refractivity (Wildman–Crippen MR) is 210 cm³/mol. The van der Waals surface area contributed by atoms with E-state index < -0.39 is 0 Å². The maximum absolute atomic E-state index is 6.22. The van der Waals surface area contributed by atoms with Crippen LogP contribution in [-0.4, -0.2) is 0 Å². The van der Waals surface area contributed by atoms with E-state index in [2.05, 4.69) is 164 Å². The summed E-state index contributed by atoms with van der Waals surface area (Å²) in [6.45, 7) is 0. The molecule has 1 heteroatoms. The Kier molecular flexibility index (Phi) is 5.45. The molecule has 10 aromatic carbocycles. The Balaban J connectivity index is 1.23. The van der Waals surface area contributed by atoms with Crippen LogP contribution in [0.5, 0.6) is 0 Å². The Bertz CT molecular complexity index is 3100. The van der Waals surface area contributed by atoms with Crippen LogP contribution in [0.3, 0.4) is 0 Å². The standard InChI is InChI=1S/C48H28O/c1-2-12-33-29(11-1)21-22-32-28-42(35-13-3-4-14-36(35)45(32)33)47-39-17-7-5-15-37(39)46(38-16-6-8-18-40(38)47)31-23-25-34-30(27-31)24-26-44-48(34)41-19-9-10-20-43(41)49-44/h1-28H. The molecule has 11 aromatic rings. The summed E-state index contributed by atoms with van der Waals surface area (Å²) in [5, 5.41) is 17.5. The minimum absolute atomic E-state index is 0.927. The van der Waals surface area contributed by atoms with Crippen LogP contribution < -0.4 is 0 Å². The molecule has 226 valence electrons. The average molecular weight is 621 g/mol. The van der Waals surface area contributed by atoms with Crippen molar-refractivity contribution in [1.82, 2.24) is 0 Å². The van der Waals surface area contributed by atoms with E-state index in [-0.39, 0.29) is 0 Å². The number of para-hydroxylation sites is 1. The summed E-state index contributed by atoms with van der Waals surface area (Å²) in [7, 11) is 0. The van der Waals surface area contributed by atoms with Crippen molar-refractivity contribution in [3.05, 3.63) is 170 Å². The number of fused-ring (bicyclic) bond motifs is 12. The van der Waals surface area contributed by atoms with Gasteiger partial charge in [0.1, 0.15) is 11.2 Å². The van der Waals surface area contributed by atoms with E-state index in [1.165, 1.54) is 92.3 Å². The molecule has 0 aliphatic carbocycles. The molecule has 11 rings (SSSR count). The molecule has 49 heavy (non-hydrogen) atoms. The van der Waals surface area contributed by atoms with Gasteiger partial charge in [0.05, 0.1) is 0 Å². The van der Waals surface area contributed by atoms with E-state index in [0.29, 0.717) is 0 Å². The minimum Gasteiger partial charge on any atom is -0.456 e. The first-order chi connectivity index (χ1) is 24.3. The topological polar surface area (TPSA) is 13.1 Å². The molecule has 0 aliphatic heterocycles. The van der Waals surface area contributed by atoms with E-state index in [1.54, 1.807) is 0 Å². The smallest absolute Gasteiger partial charge is 0.136 e. The van der Waals surface area contributed by atoms with Gasteiger partial charge in [-0.05, 0) is 111 Å². The largest absolute Gasteiger partial charge is 0.456 e. The molecule has 0 saturated carbocycles. The zero-order chi connectivity index (χ0) is 32.1. The molecule has 0 radical (unpaired) electrons. The van der Waals surface area contributed by atoms with Crippen LogP contribution in [0, 0.1) is 0 Å². The molecule has 1 aromatic heterocycles. The lowest BCUT2D eigenvalue weighted by Crippen LogP contribution is -1.92. The molecule has 0 bridgehead atoms. The average Bonchev–Trinajstić information content (AvgIpc) is 3.55. The van der Waals surface area contributed by atoms with Gasteiger partial charge in [-0.2, -0.15) is 0 Å². The summed E-state index contributed by atoms with van der Waals surface area (Å²) in [5.41, 5.74) is 6.89. The van der Waals surface area contributed by atoms with E-state index in [4.69, 9.17) is 4.42 Å². The minimum atomic E-state index is 0.927. The first-order valence-electron chi connectivity index (χ1n) is 16.9. The van der Waals surface area contributed by atoms with Crippen LogP contribution in [-0.2, 0) is 0 Å². The highest BCUT2D eigenvalue weighted by Gasteiger charge is 2.20. The van der Waals surface area contributed by atoms with Crippen molar-refractivity contribution >= 4 is 86.6 Å². The van der Waals surface area contributed by atoms with Gasteiger partial charge in [0.25, 0.3) is 0 Å². The van der Waals surface area contributed by atoms with Crippen LogP contribution >= 0.6 is 0 Å². The third-order valence-electron chi connectivity index (χ3n) is 10.6. The predicted octanol–water partition coefficient (Wildman–Crippen LogP) is 13.8. The second-order valence-electron chi connectivity index (χ2n) is 13.2. The van der Waals surface area contributed by atoms with Crippen molar-refractivity contribution in [2.75, 3.05) is 0 Å². The van der Waals surface area contributed by atoms with Gasteiger partial charge in [-0.3, -0.25) is 0 Å². The van der Waals surface area contributed by atoms with Gasteiger partial charge in [-0.25, -0.2) is 0 Å². The van der Waals surface area contributed by atoms with Gasteiger partial charge < -0.3 is 4.42 Å². The molecule has 0 saturated heterocycles. The lowest BCUT2D eigenvalue weighted by atomic mass is 9.83. The normalized spacial score (nSPS) is 12.1. The summed E-state index contributed by atoms with van der Waals surface area (Å²) < 4.78 is 6.22. The third kappa shape index (κ3) is 3.76. The molecular formula is C48H28O. The number of benzene rings is 10. The zero-order valence-corrected chi connectivity index (χ0v) is 26.6. The fraction of sp³-hybridized carbons (Fsp3) is 0. The van der Waals surface area contributed by atoms with Gasteiger partial charge in [-0.1, -0.05) is 146 Å². The van der Waals surface area contributed by atoms with Gasteiger partial charge in [0.15, 0.2) is 0 Å². The van der Waals surface area contributed by atoms with Gasteiger partial charge in [0.2, 0.25) is 0 Å². The number of furan rings is 1. The maximum atomic E-state index is 6.22. The lowest BCUT2D eigenvalue weighted by molar-refractivity contribution is 0.669. The highest BCUT2D eigenvalue weighted by molar-refractivity contribution is 6.29. The summed E-state index contributed by atoms with van der Waals surface area (Å²) in [5.74, 6) is 0. The summed E-state index contributed by atoms with van der Waals surface area (Å²) in [6.07, 6.45) is 0. The molecule has 1 nitrogen and oxygen atoms in total. The highest BCUT2D eigenvalue weighted by Crippen LogP contribution is 2.48. The fourth-order valence-corrected chi connectivity index (χ4v) is 8.52. The Morgan fingerprint density at radius 1 is 0.286 bits per heavy atom. The molecule has 0 N–H and O–H groups in total. The van der Waals surface area contributed by atoms with Crippen molar-refractivity contribution < 1.29 is 4.42 Å². The SMILES string of the molecule is c1ccc2c(c1)ccc1cc(-c3c4ccccc4c(-c4ccc5c(ccc6oc7ccccc7c65)c4)c4ccccc34)c3ccccc3c12. The number of rotatable bonds is 2. The molecule has 0 aliphatic rings. The zero-order valence-electron chi connectivity index (χ0n) is 26.6. The molecule has 1 heterocycles. The molecule has 0 amide bonds. The molecule has 0 fully saturated rings. The van der Waals surface area contributed by atoms with Crippen LogP contribution in [0.25, 0.3) is 109 Å². The Labute approximate surface area is 282 Å². The summed E-state index contributed by atoms with van der Waals surface area (Å²) >= 11 is 0. The first-order valence-corrected chi connectivity index (χ1v) is 16.9. The van der Waals surface area contributed by atoms with Crippen molar-refractivity contribution in [1.29, 1.82) is 0 Å². The third-order valence-corrected chi connectivity index (χ3v) is 10.6. The first kappa shape index (κ1) is 26.6. The van der Waals surface area contributed by atoms with Crippen LogP contribution in [0.4, 0.5) is 0 Å². The molecule has 0 unspecified atom stereocenters. The van der Waals surface area contributed by atoms with Gasteiger partial charge in [-0.15, -0.1) is 0 Å². The fourth-order valence-electron chi connectivity index (χ4n) is 8.52. The van der Waals surface area contributed by atoms with Crippen LogP contribution in [0.1, 0.15) is 0 Å². The van der Waals surface area contributed by atoms with Crippen molar-refractivity contribution in [2.24, 2.45) is 0 Å². The van der Waals surface area contributed by atoms with E-state index >= 15 is 0 Å². The Morgan fingerprint density at radius 2 is 0.837 bits per heavy atom. The lowest BCUT2D eigenvalue weighted by Gasteiger charge is -2.20. The van der Waals surface area contributed by atoms with Crippen molar-refractivity contribution in [3.8, 4) is 22.3 Å². The Morgan fingerprint density at radius 3 is 1.59 bits per heavy atom.